The standard InChI is InChI=1S/C31H40N2O9/c1-29(2,3)41-27(36)18(33-28(37)42-30(4,5)6)14-22(35)39-20-10-9-17-13-21(32-15-16-7-8-16)31(38)12-11-19(34)25-24(31)23(17)26(20)40-25/h9-10,16,18,24-25,38H,7-8,11-15H2,1-6H3,(H,33,37)/t18-,24?,25?,31+/m0/s1. The molecule has 3 aliphatic carbocycles. The van der Waals surface area contributed by atoms with Crippen LogP contribution in [0.25, 0.3) is 0 Å². The first-order valence-electron chi connectivity index (χ1n) is 14.6. The molecule has 0 bridgehead atoms. The maximum absolute atomic E-state index is 13.2. The van der Waals surface area contributed by atoms with Crippen LogP contribution in [0.4, 0.5) is 4.79 Å². The van der Waals surface area contributed by atoms with E-state index in [1.165, 1.54) is 0 Å². The Morgan fingerprint density at radius 2 is 1.81 bits per heavy atom. The first-order valence-corrected chi connectivity index (χ1v) is 14.6. The van der Waals surface area contributed by atoms with Crippen LogP contribution < -0.4 is 14.8 Å². The molecule has 1 amide bonds. The summed E-state index contributed by atoms with van der Waals surface area (Å²) in [6.07, 6.45) is 0.777. The number of ether oxygens (including phenoxy) is 4. The molecule has 228 valence electrons. The fourth-order valence-corrected chi connectivity index (χ4v) is 5.75. The maximum Gasteiger partial charge on any atom is 0.408 e. The molecule has 2 fully saturated rings. The molecule has 1 aromatic rings. The third-order valence-electron chi connectivity index (χ3n) is 7.76. The zero-order chi connectivity index (χ0) is 30.6. The molecule has 2 saturated carbocycles. The quantitative estimate of drug-likeness (QED) is 0.362. The van der Waals surface area contributed by atoms with Gasteiger partial charge in [0, 0.05) is 30.7 Å². The highest BCUT2D eigenvalue weighted by Crippen LogP contribution is 2.57. The van der Waals surface area contributed by atoms with E-state index in [1.54, 1.807) is 53.7 Å². The second-order valence-corrected chi connectivity index (χ2v) is 13.7. The molecule has 0 saturated heterocycles. The molecule has 2 N–H and O–H groups in total. The fraction of sp³-hybridized carbons (Fsp3) is 0.645. The molecule has 1 aromatic carbocycles. The summed E-state index contributed by atoms with van der Waals surface area (Å²) >= 11 is 0. The van der Waals surface area contributed by atoms with E-state index in [1.807, 2.05) is 0 Å². The van der Waals surface area contributed by atoms with Gasteiger partial charge in [-0.3, -0.25) is 14.6 Å². The number of esters is 2. The number of carbonyl (C=O) groups is 4. The van der Waals surface area contributed by atoms with Gasteiger partial charge in [0.15, 0.2) is 23.4 Å². The van der Waals surface area contributed by atoms with Gasteiger partial charge in [-0.1, -0.05) is 6.07 Å². The second-order valence-electron chi connectivity index (χ2n) is 13.7. The van der Waals surface area contributed by atoms with Crippen LogP contribution in [0.1, 0.15) is 90.7 Å². The summed E-state index contributed by atoms with van der Waals surface area (Å²) in [5.41, 5.74) is -0.807. The molecule has 11 heteroatoms. The minimum atomic E-state index is -1.38. The number of hydrogen-bond acceptors (Lipinski definition) is 10. The number of rotatable bonds is 7. The van der Waals surface area contributed by atoms with Crippen molar-refractivity contribution in [3.8, 4) is 11.5 Å². The van der Waals surface area contributed by atoms with Crippen molar-refractivity contribution in [3.05, 3.63) is 23.3 Å². The SMILES string of the molecule is CC(C)(C)OC(=O)N[C@@H](CC(=O)Oc1ccc2c3c1OC1C(=O)CC[C@@](O)(C(=NCC4CC4)C2)C31)C(=O)OC(C)(C)C. The molecule has 1 heterocycles. The normalized spacial score (nSPS) is 26.2. The number of hydrogen-bond donors (Lipinski definition) is 2. The summed E-state index contributed by atoms with van der Waals surface area (Å²) in [5, 5.41) is 14.3. The number of amides is 1. The molecule has 0 aromatic heterocycles. The number of benzene rings is 1. The Morgan fingerprint density at radius 1 is 1.12 bits per heavy atom. The fourth-order valence-electron chi connectivity index (χ4n) is 5.75. The molecule has 5 rings (SSSR count). The lowest BCUT2D eigenvalue weighted by Crippen LogP contribution is -2.56. The van der Waals surface area contributed by atoms with Crippen LogP contribution in [0.3, 0.4) is 0 Å². The number of nitrogens with one attached hydrogen (secondary N) is 1. The topological polar surface area (TPSA) is 150 Å². The van der Waals surface area contributed by atoms with Gasteiger partial charge in [0.2, 0.25) is 0 Å². The minimum Gasteiger partial charge on any atom is -0.478 e. The van der Waals surface area contributed by atoms with Crippen LogP contribution in [0.5, 0.6) is 11.5 Å². The number of aliphatic imine (C=N–C) groups is 1. The van der Waals surface area contributed by atoms with Crippen molar-refractivity contribution in [2.45, 2.75) is 115 Å². The lowest BCUT2D eigenvalue weighted by atomic mass is 9.63. The highest BCUT2D eigenvalue weighted by molar-refractivity contribution is 6.02. The lowest BCUT2D eigenvalue weighted by molar-refractivity contribution is -0.159. The minimum absolute atomic E-state index is 0.0712. The predicted octanol–water partition coefficient (Wildman–Crippen LogP) is 3.56. The van der Waals surface area contributed by atoms with Gasteiger partial charge in [-0.25, -0.2) is 9.59 Å². The van der Waals surface area contributed by atoms with Gasteiger partial charge in [0.25, 0.3) is 0 Å². The van der Waals surface area contributed by atoms with E-state index >= 15 is 0 Å². The van der Waals surface area contributed by atoms with Crippen molar-refractivity contribution in [2.75, 3.05) is 6.54 Å². The van der Waals surface area contributed by atoms with Crippen molar-refractivity contribution in [2.24, 2.45) is 10.9 Å². The van der Waals surface area contributed by atoms with Crippen molar-refractivity contribution >= 4 is 29.5 Å². The van der Waals surface area contributed by atoms with Gasteiger partial charge in [0.1, 0.15) is 22.8 Å². The van der Waals surface area contributed by atoms with E-state index in [-0.39, 0.29) is 30.1 Å². The van der Waals surface area contributed by atoms with Crippen molar-refractivity contribution < 1.29 is 43.2 Å². The summed E-state index contributed by atoms with van der Waals surface area (Å²) in [5.74, 6) is -1.56. The van der Waals surface area contributed by atoms with Crippen LogP contribution >= 0.6 is 0 Å². The van der Waals surface area contributed by atoms with E-state index in [0.717, 1.165) is 18.4 Å². The second kappa shape index (κ2) is 10.7. The third-order valence-corrected chi connectivity index (χ3v) is 7.76. The number of Topliss-reactive ketones (excluding diaryl/α,β-unsaturated/α-hetero) is 1. The van der Waals surface area contributed by atoms with Gasteiger partial charge in [-0.15, -0.1) is 0 Å². The Bertz CT molecular complexity index is 1330. The number of nitrogens with zero attached hydrogens (tertiary/aromatic N) is 1. The molecule has 4 atom stereocenters. The van der Waals surface area contributed by atoms with E-state index < -0.39 is 59.3 Å². The number of ketones is 1. The first-order chi connectivity index (χ1) is 19.5. The van der Waals surface area contributed by atoms with Gasteiger partial charge in [0.05, 0.1) is 12.3 Å². The predicted molar refractivity (Wildman–Crippen MR) is 151 cm³/mol. The molecular weight excluding hydrogens is 544 g/mol. The van der Waals surface area contributed by atoms with E-state index in [2.05, 4.69) is 5.32 Å². The average Bonchev–Trinajstić information content (AvgIpc) is 3.58. The Kier molecular flexibility index (Phi) is 7.62. The Morgan fingerprint density at radius 3 is 2.45 bits per heavy atom. The van der Waals surface area contributed by atoms with Gasteiger partial charge >= 0.3 is 18.0 Å². The molecule has 4 aliphatic rings. The van der Waals surface area contributed by atoms with Crippen LogP contribution in [0.2, 0.25) is 0 Å². The molecule has 2 unspecified atom stereocenters. The monoisotopic (exact) mass is 584 g/mol. The zero-order valence-electron chi connectivity index (χ0n) is 25.1. The van der Waals surface area contributed by atoms with Crippen LogP contribution in [0.15, 0.2) is 17.1 Å². The van der Waals surface area contributed by atoms with E-state index in [4.69, 9.17) is 23.9 Å². The van der Waals surface area contributed by atoms with Gasteiger partial charge in [-0.05, 0) is 78.4 Å². The molecule has 0 radical (unpaired) electrons. The maximum atomic E-state index is 13.2. The highest BCUT2D eigenvalue weighted by atomic mass is 16.6. The summed E-state index contributed by atoms with van der Waals surface area (Å²) < 4.78 is 22.4. The zero-order valence-corrected chi connectivity index (χ0v) is 25.1. The average molecular weight is 585 g/mol. The third kappa shape index (κ3) is 6.30. The Labute approximate surface area is 245 Å². The van der Waals surface area contributed by atoms with Gasteiger partial charge < -0.3 is 29.4 Å². The molecule has 11 nitrogen and oxygen atoms in total. The van der Waals surface area contributed by atoms with Crippen molar-refractivity contribution in [1.82, 2.24) is 5.32 Å². The number of alkyl carbamates (subject to hydrolysis) is 1. The Hall–Kier alpha value is -3.47. The summed E-state index contributed by atoms with van der Waals surface area (Å²) in [7, 11) is 0. The number of aliphatic hydroxyl groups is 1. The summed E-state index contributed by atoms with van der Waals surface area (Å²) in [6.45, 7) is 10.7. The van der Waals surface area contributed by atoms with Crippen molar-refractivity contribution in [3.63, 3.8) is 0 Å². The first kappa shape index (κ1) is 30.0. The number of carbonyl (C=O) groups excluding carboxylic acids is 4. The smallest absolute Gasteiger partial charge is 0.408 e. The van der Waals surface area contributed by atoms with Crippen molar-refractivity contribution in [1.29, 1.82) is 0 Å². The molecular formula is C31H40N2O9. The lowest BCUT2D eigenvalue weighted by Gasteiger charge is -2.44. The van der Waals surface area contributed by atoms with Crippen LogP contribution in [-0.4, -0.2) is 70.1 Å². The molecule has 0 spiro atoms. The van der Waals surface area contributed by atoms with Crippen LogP contribution in [0, 0.1) is 5.92 Å². The summed E-state index contributed by atoms with van der Waals surface area (Å²) in [6, 6.07) is 2.00. The van der Waals surface area contributed by atoms with Crippen LogP contribution in [-0.2, 0) is 30.3 Å². The Balaban J connectivity index is 1.38. The molecule has 42 heavy (non-hydrogen) atoms. The largest absolute Gasteiger partial charge is 0.478 e. The summed E-state index contributed by atoms with van der Waals surface area (Å²) in [4.78, 5) is 56.2. The van der Waals surface area contributed by atoms with E-state index in [0.29, 0.717) is 30.2 Å². The molecule has 1 aliphatic heterocycles. The highest BCUT2D eigenvalue weighted by Gasteiger charge is 2.60. The van der Waals surface area contributed by atoms with E-state index in [9.17, 15) is 24.3 Å². The van der Waals surface area contributed by atoms with Gasteiger partial charge in [-0.2, -0.15) is 0 Å².